The number of thioether (sulfide) groups is 1. The smallest absolute Gasteiger partial charge is 0.267 e. The Morgan fingerprint density at radius 1 is 0.889 bits per heavy atom. The first-order valence-corrected chi connectivity index (χ1v) is 13.7. The molecule has 0 spiro atoms. The van der Waals surface area contributed by atoms with E-state index < -0.39 is 0 Å². The van der Waals surface area contributed by atoms with E-state index in [1.807, 2.05) is 54.6 Å². The molecular formula is C30H26IN3OS. The second kappa shape index (κ2) is 10.9. The van der Waals surface area contributed by atoms with Crippen LogP contribution in [-0.4, -0.2) is 20.5 Å². The van der Waals surface area contributed by atoms with Gasteiger partial charge in [-0.15, -0.1) is 0 Å². The average molecular weight is 604 g/mol. The Morgan fingerprint density at radius 2 is 1.53 bits per heavy atom. The molecule has 0 bridgehead atoms. The van der Waals surface area contributed by atoms with Gasteiger partial charge in [-0.1, -0.05) is 60.7 Å². The van der Waals surface area contributed by atoms with E-state index in [2.05, 4.69) is 83.5 Å². The molecule has 0 aliphatic carbocycles. The lowest BCUT2D eigenvalue weighted by Crippen LogP contribution is -2.28. The van der Waals surface area contributed by atoms with Gasteiger partial charge >= 0.3 is 0 Å². The zero-order chi connectivity index (χ0) is 25.1. The summed E-state index contributed by atoms with van der Waals surface area (Å²) in [7, 11) is 0. The number of halogens is 1. The first-order valence-electron chi connectivity index (χ1n) is 11.8. The van der Waals surface area contributed by atoms with Gasteiger partial charge < -0.3 is 4.57 Å². The summed E-state index contributed by atoms with van der Waals surface area (Å²) < 4.78 is 3.44. The van der Waals surface area contributed by atoms with Crippen LogP contribution in [0.5, 0.6) is 0 Å². The maximum absolute atomic E-state index is 13.6. The van der Waals surface area contributed by atoms with Crippen LogP contribution in [0.4, 0.5) is 0 Å². The van der Waals surface area contributed by atoms with Crippen molar-refractivity contribution < 1.29 is 4.79 Å². The van der Waals surface area contributed by atoms with Crippen molar-refractivity contribution in [1.82, 2.24) is 9.47 Å². The van der Waals surface area contributed by atoms with Crippen LogP contribution in [0.25, 0.3) is 11.8 Å². The van der Waals surface area contributed by atoms with Gasteiger partial charge in [-0.05, 0) is 101 Å². The Balaban J connectivity index is 1.48. The Hall–Kier alpha value is -3.10. The number of aliphatic imine (C=N–C) groups is 1. The highest BCUT2D eigenvalue weighted by Crippen LogP contribution is 2.35. The molecule has 4 nitrogen and oxygen atoms in total. The van der Waals surface area contributed by atoms with Crippen molar-refractivity contribution in [3.05, 3.63) is 128 Å². The molecule has 1 aromatic heterocycles. The van der Waals surface area contributed by atoms with Gasteiger partial charge in [-0.3, -0.25) is 14.7 Å². The number of nitrogens with zero attached hydrogens (tertiary/aromatic N) is 3. The van der Waals surface area contributed by atoms with E-state index in [1.54, 1.807) is 4.90 Å². The first kappa shape index (κ1) is 24.6. The Morgan fingerprint density at radius 3 is 2.19 bits per heavy atom. The Bertz CT molecular complexity index is 1440. The van der Waals surface area contributed by atoms with Crippen molar-refractivity contribution >= 4 is 51.5 Å². The van der Waals surface area contributed by atoms with Gasteiger partial charge in [-0.25, -0.2) is 0 Å². The summed E-state index contributed by atoms with van der Waals surface area (Å²) in [5, 5.41) is 0.741. The van der Waals surface area contributed by atoms with E-state index in [0.29, 0.717) is 18.0 Å². The molecule has 0 saturated carbocycles. The van der Waals surface area contributed by atoms with Gasteiger partial charge in [0.25, 0.3) is 5.91 Å². The molecule has 5 rings (SSSR count). The summed E-state index contributed by atoms with van der Waals surface area (Å²) in [5.41, 5.74) is 6.62. The van der Waals surface area contributed by atoms with Crippen LogP contribution in [0.15, 0.2) is 101 Å². The minimum Gasteiger partial charge on any atom is -0.318 e. The van der Waals surface area contributed by atoms with Crippen LogP contribution >= 0.6 is 34.4 Å². The second-order valence-electron chi connectivity index (χ2n) is 8.71. The molecule has 6 heteroatoms. The van der Waals surface area contributed by atoms with Gasteiger partial charge in [0, 0.05) is 20.6 Å². The van der Waals surface area contributed by atoms with Crippen molar-refractivity contribution in [3.8, 4) is 5.69 Å². The number of aromatic nitrogens is 1. The van der Waals surface area contributed by atoms with Crippen LogP contribution in [0.1, 0.15) is 28.1 Å². The highest BCUT2D eigenvalue weighted by molar-refractivity contribution is 14.1. The zero-order valence-electron chi connectivity index (χ0n) is 20.2. The minimum absolute atomic E-state index is 0.00488. The largest absolute Gasteiger partial charge is 0.318 e. The number of benzene rings is 3. The van der Waals surface area contributed by atoms with E-state index in [1.165, 1.54) is 15.3 Å². The predicted molar refractivity (Wildman–Crippen MR) is 158 cm³/mol. The maximum Gasteiger partial charge on any atom is 0.267 e. The third-order valence-corrected chi connectivity index (χ3v) is 7.92. The van der Waals surface area contributed by atoms with Crippen molar-refractivity contribution in [2.75, 3.05) is 0 Å². The average Bonchev–Trinajstić information content (AvgIpc) is 3.34. The number of aryl methyl sites for hydroxylation is 1. The Kier molecular flexibility index (Phi) is 7.43. The van der Waals surface area contributed by atoms with Gasteiger partial charge in [-0.2, -0.15) is 0 Å². The van der Waals surface area contributed by atoms with Crippen LogP contribution in [0, 0.1) is 17.4 Å². The van der Waals surface area contributed by atoms with Crippen LogP contribution in [-0.2, 0) is 17.9 Å². The van der Waals surface area contributed by atoms with E-state index in [-0.39, 0.29) is 5.91 Å². The van der Waals surface area contributed by atoms with Gasteiger partial charge in [0.2, 0.25) is 0 Å². The van der Waals surface area contributed by atoms with Crippen molar-refractivity contribution in [1.29, 1.82) is 0 Å². The number of rotatable bonds is 6. The third-order valence-electron chi connectivity index (χ3n) is 6.15. The van der Waals surface area contributed by atoms with Gasteiger partial charge in [0.1, 0.15) is 0 Å². The summed E-state index contributed by atoms with van der Waals surface area (Å²) >= 11 is 3.78. The molecule has 1 amide bonds. The molecule has 1 aliphatic rings. The molecule has 0 unspecified atom stereocenters. The van der Waals surface area contributed by atoms with E-state index in [9.17, 15) is 4.79 Å². The molecule has 1 fully saturated rings. The molecule has 2 heterocycles. The van der Waals surface area contributed by atoms with Crippen LogP contribution in [0.2, 0.25) is 0 Å². The molecule has 3 aromatic carbocycles. The number of hydrogen-bond donors (Lipinski definition) is 0. The first-order chi connectivity index (χ1) is 17.5. The highest BCUT2D eigenvalue weighted by Gasteiger charge is 2.33. The number of amidine groups is 1. The standard InChI is InChI=1S/C30H26IN3OS/c1-21-17-25(22(2)34(21)27-15-13-26(31)14-16-27)18-28-29(35)33(20-24-11-7-4-8-12-24)30(36-28)32-19-23-9-5-3-6-10-23/h3-18H,19-20H2,1-2H3/b28-18-,32-30?. The molecule has 1 aliphatic heterocycles. The summed E-state index contributed by atoms with van der Waals surface area (Å²) in [5.74, 6) is -0.00488. The monoisotopic (exact) mass is 603 g/mol. The summed E-state index contributed by atoms with van der Waals surface area (Å²) in [6.45, 7) is 5.24. The normalized spacial score (nSPS) is 15.9. The lowest BCUT2D eigenvalue weighted by molar-refractivity contribution is -0.122. The molecule has 180 valence electrons. The second-order valence-corrected chi connectivity index (χ2v) is 11.0. The lowest BCUT2D eigenvalue weighted by atomic mass is 10.2. The number of amides is 1. The Labute approximate surface area is 229 Å². The fourth-order valence-electron chi connectivity index (χ4n) is 4.34. The quantitative estimate of drug-likeness (QED) is 0.171. The SMILES string of the molecule is Cc1cc(/C=C2\SC(=NCc3ccccc3)N(Cc3ccccc3)C2=O)c(C)n1-c1ccc(I)cc1. The molecule has 1 saturated heterocycles. The molecule has 0 N–H and O–H groups in total. The fourth-order valence-corrected chi connectivity index (χ4v) is 5.66. The zero-order valence-corrected chi connectivity index (χ0v) is 23.2. The van der Waals surface area contributed by atoms with Crippen molar-refractivity contribution in [3.63, 3.8) is 0 Å². The number of carbonyl (C=O) groups is 1. The number of hydrogen-bond acceptors (Lipinski definition) is 3. The van der Waals surface area contributed by atoms with E-state index >= 15 is 0 Å². The van der Waals surface area contributed by atoms with E-state index in [0.717, 1.165) is 38.9 Å². The molecule has 4 aromatic rings. The van der Waals surface area contributed by atoms with E-state index in [4.69, 9.17) is 4.99 Å². The molecule has 0 atom stereocenters. The van der Waals surface area contributed by atoms with Crippen LogP contribution < -0.4 is 0 Å². The molecule has 0 radical (unpaired) electrons. The van der Waals surface area contributed by atoms with Crippen LogP contribution in [0.3, 0.4) is 0 Å². The van der Waals surface area contributed by atoms with Gasteiger partial charge in [0.05, 0.1) is 18.0 Å². The summed E-state index contributed by atoms with van der Waals surface area (Å²) in [6, 6.07) is 30.9. The van der Waals surface area contributed by atoms with Gasteiger partial charge in [0.15, 0.2) is 5.17 Å². The predicted octanol–water partition coefficient (Wildman–Crippen LogP) is 7.37. The third kappa shape index (κ3) is 5.34. The highest BCUT2D eigenvalue weighted by atomic mass is 127. The topological polar surface area (TPSA) is 37.6 Å². The fraction of sp³-hybridized carbons (Fsp3) is 0.133. The lowest BCUT2D eigenvalue weighted by Gasteiger charge is -2.15. The van der Waals surface area contributed by atoms with Crippen molar-refractivity contribution in [2.24, 2.45) is 4.99 Å². The van der Waals surface area contributed by atoms with Crippen molar-refractivity contribution in [2.45, 2.75) is 26.9 Å². The maximum atomic E-state index is 13.6. The minimum atomic E-state index is -0.00488. The molecular weight excluding hydrogens is 577 g/mol. The summed E-state index contributed by atoms with van der Waals surface area (Å²) in [6.07, 6.45) is 2.02. The molecule has 36 heavy (non-hydrogen) atoms. The number of carbonyl (C=O) groups excluding carboxylic acids is 1. The summed E-state index contributed by atoms with van der Waals surface area (Å²) in [4.78, 5) is 20.9.